The van der Waals surface area contributed by atoms with Crippen molar-refractivity contribution in [3.8, 4) is 0 Å². The van der Waals surface area contributed by atoms with Gasteiger partial charge in [0.2, 0.25) is 11.8 Å². The fraction of sp³-hybridized carbons (Fsp3) is 0.150. The minimum atomic E-state index is -0.520. The van der Waals surface area contributed by atoms with E-state index in [0.29, 0.717) is 23.2 Å². The maximum Gasteiger partial charge on any atom is 0.251 e. The first-order chi connectivity index (χ1) is 12.4. The number of anilines is 1. The molecule has 26 heavy (non-hydrogen) atoms. The minimum absolute atomic E-state index is 0.179. The second kappa shape index (κ2) is 7.23. The van der Waals surface area contributed by atoms with Gasteiger partial charge in [-0.15, -0.1) is 0 Å². The Balaban J connectivity index is 1.66. The highest BCUT2D eigenvalue weighted by Gasteiger charge is 2.08. The van der Waals surface area contributed by atoms with Crippen LogP contribution in [0.5, 0.6) is 0 Å². The maximum absolute atomic E-state index is 12.2. The molecule has 2 amide bonds. The highest BCUT2D eigenvalue weighted by molar-refractivity contribution is 5.94. The molecule has 0 aliphatic rings. The zero-order chi connectivity index (χ0) is 18.7. The smallest absolute Gasteiger partial charge is 0.251 e. The van der Waals surface area contributed by atoms with E-state index >= 15 is 0 Å². The Kier molecular flexibility index (Phi) is 4.84. The zero-order valence-electron chi connectivity index (χ0n) is 14.3. The highest BCUT2D eigenvalue weighted by Crippen LogP contribution is 2.14. The Morgan fingerprint density at radius 3 is 2.50 bits per heavy atom. The van der Waals surface area contributed by atoms with Gasteiger partial charge in [-0.3, -0.25) is 14.4 Å². The van der Waals surface area contributed by atoms with Crippen LogP contribution < -0.4 is 16.6 Å². The number of aryl methyl sites for hydroxylation is 2. The van der Waals surface area contributed by atoms with E-state index < -0.39 is 5.91 Å². The average molecular weight is 349 g/mol. The highest BCUT2D eigenvalue weighted by atomic mass is 16.2. The lowest BCUT2D eigenvalue weighted by molar-refractivity contribution is -0.116. The molecule has 132 valence electrons. The monoisotopic (exact) mass is 349 g/mol. The summed E-state index contributed by atoms with van der Waals surface area (Å²) in [5.41, 5.74) is 8.38. The van der Waals surface area contributed by atoms with Crippen LogP contribution in [0.4, 0.5) is 5.69 Å². The number of H-pyrrole nitrogens is 1. The molecule has 1 heterocycles. The van der Waals surface area contributed by atoms with Crippen molar-refractivity contribution < 1.29 is 9.59 Å². The summed E-state index contributed by atoms with van der Waals surface area (Å²) < 4.78 is 0. The standard InChI is InChI=1S/C20H19N3O3/c1-12-2-3-14-11-15(20(26)23-17(14)10-12)6-9-18(24)22-16-7-4-13(5-8-16)19(21)25/h2-5,7-8,10-11H,6,9H2,1H3,(H2,21,25)(H,22,24)(H,23,26). The van der Waals surface area contributed by atoms with E-state index in [1.807, 2.05) is 31.2 Å². The number of nitrogens with two attached hydrogens (primary N) is 1. The number of benzene rings is 2. The molecule has 6 nitrogen and oxygen atoms in total. The fourth-order valence-electron chi connectivity index (χ4n) is 2.74. The lowest BCUT2D eigenvalue weighted by atomic mass is 10.1. The van der Waals surface area contributed by atoms with Crippen LogP contribution in [0.2, 0.25) is 0 Å². The minimum Gasteiger partial charge on any atom is -0.366 e. The van der Waals surface area contributed by atoms with E-state index in [0.717, 1.165) is 16.5 Å². The van der Waals surface area contributed by atoms with Gasteiger partial charge in [0.05, 0.1) is 0 Å². The van der Waals surface area contributed by atoms with Gasteiger partial charge in [-0.25, -0.2) is 0 Å². The Hall–Kier alpha value is -3.41. The van der Waals surface area contributed by atoms with E-state index in [4.69, 9.17) is 5.73 Å². The topological polar surface area (TPSA) is 105 Å². The van der Waals surface area contributed by atoms with E-state index in [-0.39, 0.29) is 17.9 Å². The van der Waals surface area contributed by atoms with Crippen molar-refractivity contribution in [2.75, 3.05) is 5.32 Å². The van der Waals surface area contributed by atoms with Crippen molar-refractivity contribution in [1.29, 1.82) is 0 Å². The predicted molar refractivity (Wildman–Crippen MR) is 101 cm³/mol. The lowest BCUT2D eigenvalue weighted by Gasteiger charge is -2.07. The SMILES string of the molecule is Cc1ccc2cc(CCC(=O)Nc3ccc(C(N)=O)cc3)c(=O)[nH]c2c1. The molecule has 3 aromatic rings. The molecular formula is C20H19N3O3. The Bertz CT molecular complexity index is 1040. The second-order valence-electron chi connectivity index (χ2n) is 6.20. The molecule has 0 saturated heterocycles. The molecule has 4 N–H and O–H groups in total. The van der Waals surface area contributed by atoms with Gasteiger partial charge in [-0.2, -0.15) is 0 Å². The summed E-state index contributed by atoms with van der Waals surface area (Å²) >= 11 is 0. The molecule has 0 aliphatic heterocycles. The summed E-state index contributed by atoms with van der Waals surface area (Å²) in [6.45, 7) is 1.96. The van der Waals surface area contributed by atoms with E-state index in [1.165, 1.54) is 0 Å². The summed E-state index contributed by atoms with van der Waals surface area (Å²) in [5.74, 6) is -0.728. The van der Waals surface area contributed by atoms with Crippen LogP contribution in [0, 0.1) is 6.92 Å². The number of carbonyl (C=O) groups excluding carboxylic acids is 2. The molecule has 3 rings (SSSR count). The maximum atomic E-state index is 12.2. The summed E-state index contributed by atoms with van der Waals surface area (Å²) in [4.78, 5) is 38.2. The van der Waals surface area contributed by atoms with Crippen molar-refractivity contribution in [3.63, 3.8) is 0 Å². The molecule has 0 atom stereocenters. The first kappa shape index (κ1) is 17.4. The normalized spacial score (nSPS) is 10.7. The molecule has 0 aliphatic carbocycles. The van der Waals surface area contributed by atoms with Gasteiger partial charge in [0.1, 0.15) is 0 Å². The molecule has 0 spiro atoms. The van der Waals surface area contributed by atoms with Gasteiger partial charge in [0, 0.05) is 28.8 Å². The third-order valence-corrected chi connectivity index (χ3v) is 4.15. The summed E-state index contributed by atoms with van der Waals surface area (Å²) in [6.07, 6.45) is 0.516. The average Bonchev–Trinajstić information content (AvgIpc) is 2.60. The molecule has 0 saturated carbocycles. The van der Waals surface area contributed by atoms with Crippen LogP contribution in [0.15, 0.2) is 53.3 Å². The fourth-order valence-corrected chi connectivity index (χ4v) is 2.74. The van der Waals surface area contributed by atoms with Crippen LogP contribution in [0.3, 0.4) is 0 Å². The number of pyridine rings is 1. The van der Waals surface area contributed by atoms with Gasteiger partial charge >= 0.3 is 0 Å². The molecule has 2 aromatic carbocycles. The van der Waals surface area contributed by atoms with Crippen LogP contribution in [-0.4, -0.2) is 16.8 Å². The van der Waals surface area contributed by atoms with Crippen LogP contribution in [-0.2, 0) is 11.2 Å². The molecule has 0 radical (unpaired) electrons. The Morgan fingerprint density at radius 1 is 1.08 bits per heavy atom. The summed E-state index contributed by atoms with van der Waals surface area (Å²) in [7, 11) is 0. The van der Waals surface area contributed by atoms with E-state index in [2.05, 4.69) is 10.3 Å². The third kappa shape index (κ3) is 3.97. The van der Waals surface area contributed by atoms with Crippen molar-refractivity contribution in [2.24, 2.45) is 5.73 Å². The number of hydrogen-bond donors (Lipinski definition) is 3. The molecule has 0 bridgehead atoms. The molecule has 0 unspecified atom stereocenters. The van der Waals surface area contributed by atoms with Crippen LogP contribution >= 0.6 is 0 Å². The first-order valence-corrected chi connectivity index (χ1v) is 8.24. The number of carbonyl (C=O) groups is 2. The van der Waals surface area contributed by atoms with Crippen molar-refractivity contribution in [2.45, 2.75) is 19.8 Å². The van der Waals surface area contributed by atoms with Gasteiger partial charge in [-0.1, -0.05) is 12.1 Å². The number of fused-ring (bicyclic) bond motifs is 1. The molecule has 0 fully saturated rings. The largest absolute Gasteiger partial charge is 0.366 e. The summed E-state index contributed by atoms with van der Waals surface area (Å²) in [5, 5.41) is 3.68. The van der Waals surface area contributed by atoms with Crippen LogP contribution in [0.1, 0.15) is 27.9 Å². The van der Waals surface area contributed by atoms with Gasteiger partial charge < -0.3 is 16.0 Å². The van der Waals surface area contributed by atoms with Crippen molar-refractivity contribution >= 4 is 28.4 Å². The van der Waals surface area contributed by atoms with Gasteiger partial charge in [0.15, 0.2) is 0 Å². The van der Waals surface area contributed by atoms with E-state index in [9.17, 15) is 14.4 Å². The first-order valence-electron chi connectivity index (χ1n) is 8.24. The number of aromatic nitrogens is 1. The predicted octanol–water partition coefficient (Wildman–Crippen LogP) is 2.51. The zero-order valence-corrected chi connectivity index (χ0v) is 14.3. The third-order valence-electron chi connectivity index (χ3n) is 4.15. The number of amides is 2. The quantitative estimate of drug-likeness (QED) is 0.659. The number of aromatic amines is 1. The molecule has 1 aromatic heterocycles. The number of rotatable bonds is 5. The Morgan fingerprint density at radius 2 is 1.81 bits per heavy atom. The summed E-state index contributed by atoms with van der Waals surface area (Å²) in [6, 6.07) is 14.0. The lowest BCUT2D eigenvalue weighted by Crippen LogP contribution is -2.17. The van der Waals surface area contributed by atoms with Gasteiger partial charge in [-0.05, 0) is 60.7 Å². The molecule has 6 heteroatoms. The van der Waals surface area contributed by atoms with Gasteiger partial charge in [0.25, 0.3) is 5.56 Å². The van der Waals surface area contributed by atoms with Crippen molar-refractivity contribution in [3.05, 3.63) is 75.6 Å². The molecular weight excluding hydrogens is 330 g/mol. The number of primary amides is 1. The Labute approximate surface area is 150 Å². The second-order valence-corrected chi connectivity index (χ2v) is 6.20. The number of nitrogens with one attached hydrogen (secondary N) is 2. The van der Waals surface area contributed by atoms with E-state index in [1.54, 1.807) is 24.3 Å². The van der Waals surface area contributed by atoms with Crippen LogP contribution in [0.25, 0.3) is 10.9 Å². The van der Waals surface area contributed by atoms with Crippen molar-refractivity contribution in [1.82, 2.24) is 4.98 Å². The number of hydrogen-bond acceptors (Lipinski definition) is 3.